The second-order valence-electron chi connectivity index (χ2n) is 6.36. The Morgan fingerprint density at radius 2 is 2.10 bits per heavy atom. The van der Waals surface area contributed by atoms with Gasteiger partial charge in [-0.2, -0.15) is 0 Å². The van der Waals surface area contributed by atoms with Gasteiger partial charge in [-0.3, -0.25) is 4.79 Å². The summed E-state index contributed by atoms with van der Waals surface area (Å²) in [6.45, 7) is 5.60. The summed E-state index contributed by atoms with van der Waals surface area (Å²) in [5.74, 6) is 0. The molecule has 1 spiro atoms. The molecule has 2 saturated carbocycles. The summed E-state index contributed by atoms with van der Waals surface area (Å²) >= 11 is 0. The first kappa shape index (κ1) is 14.6. The van der Waals surface area contributed by atoms with Crippen molar-refractivity contribution in [2.45, 2.75) is 64.6 Å². The zero-order chi connectivity index (χ0) is 14.9. The zero-order valence-electron chi connectivity index (χ0n) is 13.1. The van der Waals surface area contributed by atoms with Gasteiger partial charge in [-0.15, -0.1) is 0 Å². The summed E-state index contributed by atoms with van der Waals surface area (Å²) in [4.78, 5) is 11.7. The van der Waals surface area contributed by atoms with Crippen LogP contribution in [0.15, 0.2) is 23.1 Å². The third-order valence-corrected chi connectivity index (χ3v) is 5.35. The molecule has 116 valence electrons. The van der Waals surface area contributed by atoms with Crippen LogP contribution < -0.4 is 10.9 Å². The Kier molecular flexibility index (Phi) is 4.07. The van der Waals surface area contributed by atoms with Gasteiger partial charge < -0.3 is 14.6 Å². The Morgan fingerprint density at radius 1 is 1.33 bits per heavy atom. The number of rotatable bonds is 5. The number of anilines is 1. The van der Waals surface area contributed by atoms with Crippen molar-refractivity contribution in [1.82, 2.24) is 4.57 Å². The van der Waals surface area contributed by atoms with Gasteiger partial charge in [0, 0.05) is 36.9 Å². The minimum Gasteiger partial charge on any atom is -0.380 e. The molecule has 0 saturated heterocycles. The van der Waals surface area contributed by atoms with Crippen molar-refractivity contribution in [3.63, 3.8) is 0 Å². The molecular formula is C17H26N2O2. The molecule has 4 heteroatoms. The van der Waals surface area contributed by atoms with Gasteiger partial charge in [0.2, 0.25) is 0 Å². The predicted molar refractivity (Wildman–Crippen MR) is 84.7 cm³/mol. The lowest BCUT2D eigenvalue weighted by molar-refractivity contribution is -0.114. The van der Waals surface area contributed by atoms with E-state index in [1.807, 2.05) is 19.2 Å². The Bertz CT molecular complexity index is 546. The van der Waals surface area contributed by atoms with E-state index in [0.717, 1.165) is 18.7 Å². The molecule has 2 atom stereocenters. The summed E-state index contributed by atoms with van der Waals surface area (Å²) in [6, 6.07) is 4.05. The smallest absolute Gasteiger partial charge is 0.250 e. The summed E-state index contributed by atoms with van der Waals surface area (Å²) in [6.07, 6.45) is 8.61. The van der Waals surface area contributed by atoms with E-state index >= 15 is 0 Å². The van der Waals surface area contributed by atoms with Crippen molar-refractivity contribution in [2.24, 2.45) is 5.41 Å². The molecule has 3 rings (SSSR count). The highest BCUT2D eigenvalue weighted by Gasteiger charge is 2.56. The number of nitrogens with one attached hydrogen (secondary N) is 1. The highest BCUT2D eigenvalue weighted by molar-refractivity contribution is 5.43. The highest BCUT2D eigenvalue weighted by atomic mass is 16.5. The van der Waals surface area contributed by atoms with Crippen LogP contribution in [0.1, 0.15) is 46.0 Å². The quantitative estimate of drug-likeness (QED) is 0.906. The average molecular weight is 290 g/mol. The molecule has 4 nitrogen and oxygen atoms in total. The van der Waals surface area contributed by atoms with Gasteiger partial charge in [0.25, 0.3) is 5.56 Å². The van der Waals surface area contributed by atoms with Crippen molar-refractivity contribution in [3.05, 3.63) is 28.7 Å². The monoisotopic (exact) mass is 290 g/mol. The Balaban J connectivity index is 1.74. The van der Waals surface area contributed by atoms with Crippen LogP contribution in [-0.4, -0.2) is 23.3 Å². The minimum atomic E-state index is 0.0689. The fourth-order valence-corrected chi connectivity index (χ4v) is 4.15. The van der Waals surface area contributed by atoms with Crippen LogP contribution in [0.2, 0.25) is 0 Å². The SMILES string of the molecule is CCOC1CC(Nc2ccc(=O)n(CC)c2)C12CCCC2. The van der Waals surface area contributed by atoms with Crippen LogP contribution in [0, 0.1) is 5.41 Å². The second-order valence-corrected chi connectivity index (χ2v) is 6.36. The maximum absolute atomic E-state index is 11.7. The molecule has 0 aliphatic heterocycles. The predicted octanol–water partition coefficient (Wildman–Crippen LogP) is 3.02. The summed E-state index contributed by atoms with van der Waals surface area (Å²) in [5.41, 5.74) is 1.45. The molecule has 2 fully saturated rings. The fraction of sp³-hybridized carbons (Fsp3) is 0.706. The Hall–Kier alpha value is -1.29. The molecule has 1 aromatic heterocycles. The Labute approximate surface area is 126 Å². The summed E-state index contributed by atoms with van der Waals surface area (Å²) in [7, 11) is 0. The summed E-state index contributed by atoms with van der Waals surface area (Å²) in [5, 5.41) is 3.66. The van der Waals surface area contributed by atoms with E-state index in [9.17, 15) is 4.79 Å². The van der Waals surface area contributed by atoms with Crippen molar-refractivity contribution >= 4 is 5.69 Å². The lowest BCUT2D eigenvalue weighted by Gasteiger charge is -2.54. The molecule has 1 heterocycles. The van der Waals surface area contributed by atoms with E-state index < -0.39 is 0 Å². The first-order valence-electron chi connectivity index (χ1n) is 8.28. The molecule has 2 aliphatic rings. The minimum absolute atomic E-state index is 0.0689. The van der Waals surface area contributed by atoms with Crippen LogP contribution in [0.3, 0.4) is 0 Å². The van der Waals surface area contributed by atoms with Crippen LogP contribution in [0.5, 0.6) is 0 Å². The number of hydrogen-bond donors (Lipinski definition) is 1. The van der Waals surface area contributed by atoms with Gasteiger partial charge in [0.1, 0.15) is 0 Å². The maximum Gasteiger partial charge on any atom is 0.250 e. The topological polar surface area (TPSA) is 43.3 Å². The molecule has 0 bridgehead atoms. The molecule has 0 radical (unpaired) electrons. The molecule has 0 aromatic carbocycles. The number of pyridine rings is 1. The highest BCUT2D eigenvalue weighted by Crippen LogP contribution is 2.55. The molecule has 1 aromatic rings. The van der Waals surface area contributed by atoms with Crippen molar-refractivity contribution < 1.29 is 4.74 Å². The van der Waals surface area contributed by atoms with Crippen LogP contribution in [-0.2, 0) is 11.3 Å². The maximum atomic E-state index is 11.7. The number of aryl methyl sites for hydroxylation is 1. The first-order valence-corrected chi connectivity index (χ1v) is 8.28. The standard InChI is InChI=1S/C17H26N2O2/c1-3-19-12-13(7-8-16(19)20)18-14-11-15(21-4-2)17(14)9-5-6-10-17/h7-8,12,14-15,18H,3-6,9-11H2,1-2H3. The van der Waals surface area contributed by atoms with E-state index in [1.165, 1.54) is 25.7 Å². The number of aromatic nitrogens is 1. The second kappa shape index (κ2) is 5.84. The molecule has 0 amide bonds. The van der Waals surface area contributed by atoms with Gasteiger partial charge >= 0.3 is 0 Å². The number of ether oxygens (including phenoxy) is 1. The molecule has 1 N–H and O–H groups in total. The van der Waals surface area contributed by atoms with Crippen molar-refractivity contribution in [1.29, 1.82) is 0 Å². The normalized spacial score (nSPS) is 26.8. The third-order valence-electron chi connectivity index (χ3n) is 5.35. The van der Waals surface area contributed by atoms with Gasteiger partial charge in [-0.1, -0.05) is 12.8 Å². The number of nitrogens with zero attached hydrogens (tertiary/aromatic N) is 1. The van der Waals surface area contributed by atoms with Crippen LogP contribution >= 0.6 is 0 Å². The van der Waals surface area contributed by atoms with Crippen LogP contribution in [0.4, 0.5) is 5.69 Å². The fourth-order valence-electron chi connectivity index (χ4n) is 4.15. The molecular weight excluding hydrogens is 264 g/mol. The first-order chi connectivity index (χ1) is 10.2. The van der Waals surface area contributed by atoms with Gasteiger partial charge in [-0.25, -0.2) is 0 Å². The van der Waals surface area contributed by atoms with Gasteiger partial charge in [0.15, 0.2) is 0 Å². The lowest BCUT2D eigenvalue weighted by Crippen LogP contribution is -2.60. The molecule has 2 unspecified atom stereocenters. The van der Waals surface area contributed by atoms with E-state index in [4.69, 9.17) is 4.74 Å². The zero-order valence-corrected chi connectivity index (χ0v) is 13.1. The van der Waals surface area contributed by atoms with Gasteiger partial charge in [0.05, 0.1) is 11.8 Å². The van der Waals surface area contributed by atoms with E-state index in [2.05, 4.69) is 12.2 Å². The van der Waals surface area contributed by atoms with E-state index in [0.29, 0.717) is 24.1 Å². The van der Waals surface area contributed by atoms with E-state index in [-0.39, 0.29) is 5.56 Å². The van der Waals surface area contributed by atoms with Gasteiger partial charge in [-0.05, 0) is 39.2 Å². The Morgan fingerprint density at radius 3 is 2.76 bits per heavy atom. The lowest BCUT2D eigenvalue weighted by atomic mass is 9.60. The average Bonchev–Trinajstić information content (AvgIpc) is 3.00. The van der Waals surface area contributed by atoms with Crippen molar-refractivity contribution in [2.75, 3.05) is 11.9 Å². The molecule has 2 aliphatic carbocycles. The third kappa shape index (κ3) is 2.50. The summed E-state index contributed by atoms with van der Waals surface area (Å²) < 4.78 is 7.70. The number of hydrogen-bond acceptors (Lipinski definition) is 3. The van der Waals surface area contributed by atoms with Crippen LogP contribution in [0.25, 0.3) is 0 Å². The largest absolute Gasteiger partial charge is 0.380 e. The van der Waals surface area contributed by atoms with Crippen molar-refractivity contribution in [3.8, 4) is 0 Å². The molecule has 21 heavy (non-hydrogen) atoms. The van der Waals surface area contributed by atoms with E-state index in [1.54, 1.807) is 10.6 Å².